The van der Waals surface area contributed by atoms with Crippen LogP contribution in [0.4, 0.5) is 11.6 Å². The zero-order chi connectivity index (χ0) is 26.4. The number of hydrogen-bond donors (Lipinski definition) is 2. The zero-order valence-electron chi connectivity index (χ0n) is 21.3. The zero-order valence-corrected chi connectivity index (χ0v) is 21.3. The van der Waals surface area contributed by atoms with E-state index in [-0.39, 0.29) is 0 Å². The van der Waals surface area contributed by atoms with Crippen LogP contribution in [-0.2, 0) is 18.9 Å². The Morgan fingerprint density at radius 2 is 0.816 bits per heavy atom. The van der Waals surface area contributed by atoms with Gasteiger partial charge >= 0.3 is 0 Å². The lowest BCUT2D eigenvalue weighted by molar-refractivity contribution is -0.00691. The van der Waals surface area contributed by atoms with Gasteiger partial charge in [-0.2, -0.15) is 0 Å². The van der Waals surface area contributed by atoms with Crippen LogP contribution in [0.15, 0.2) is 60.7 Å². The number of aromatic nitrogens is 2. The second kappa shape index (κ2) is 14.9. The SMILES string of the molecule is Nc1cc(OCCOCCOCCOCCOCCOc2cc(N)nc3ccccc23)c2ccccc2n1. The van der Waals surface area contributed by atoms with Gasteiger partial charge in [-0.25, -0.2) is 9.97 Å². The van der Waals surface area contributed by atoms with Crippen LogP contribution in [0, 0.1) is 0 Å². The summed E-state index contributed by atoms with van der Waals surface area (Å²) in [5.74, 6) is 2.26. The maximum absolute atomic E-state index is 5.85. The van der Waals surface area contributed by atoms with Gasteiger partial charge in [0.1, 0.15) is 36.3 Å². The maximum Gasteiger partial charge on any atom is 0.132 e. The van der Waals surface area contributed by atoms with Crippen LogP contribution in [0.1, 0.15) is 0 Å². The number of fused-ring (bicyclic) bond motifs is 2. The summed E-state index contributed by atoms with van der Waals surface area (Å²) in [6, 6.07) is 18.9. The molecule has 4 aromatic rings. The minimum absolute atomic E-state index is 0.412. The molecule has 0 saturated carbocycles. The molecular formula is C28H34N4O6. The number of hydrogen-bond acceptors (Lipinski definition) is 10. The first-order valence-electron chi connectivity index (χ1n) is 12.6. The largest absolute Gasteiger partial charge is 0.490 e. The smallest absolute Gasteiger partial charge is 0.132 e. The number of para-hydroxylation sites is 2. The van der Waals surface area contributed by atoms with Gasteiger partial charge < -0.3 is 39.9 Å². The summed E-state index contributed by atoms with van der Waals surface area (Å²) in [6.45, 7) is 4.61. The van der Waals surface area contributed by atoms with E-state index in [1.807, 2.05) is 48.5 Å². The standard InChI is InChI=1S/C28H34N4O6/c29-27-19-25(21-5-1-3-7-23(21)31-27)37-17-15-35-13-11-33-9-10-34-12-14-36-16-18-38-26-20-28(30)32-24-8-4-2-6-22(24)26/h1-8,19-20H,9-18H2,(H2,29,31)(H2,30,32). The van der Waals surface area contributed by atoms with Gasteiger partial charge in [0.25, 0.3) is 0 Å². The molecule has 0 fully saturated rings. The van der Waals surface area contributed by atoms with Gasteiger partial charge in [-0.05, 0) is 24.3 Å². The number of anilines is 2. The van der Waals surface area contributed by atoms with Gasteiger partial charge in [-0.1, -0.05) is 24.3 Å². The van der Waals surface area contributed by atoms with Crippen LogP contribution in [-0.4, -0.2) is 76.0 Å². The van der Waals surface area contributed by atoms with Crippen molar-refractivity contribution in [2.45, 2.75) is 0 Å². The van der Waals surface area contributed by atoms with Gasteiger partial charge in [-0.15, -0.1) is 0 Å². The highest BCUT2D eigenvalue weighted by Gasteiger charge is 2.06. The van der Waals surface area contributed by atoms with Gasteiger partial charge in [0.05, 0.1) is 63.9 Å². The lowest BCUT2D eigenvalue weighted by Gasteiger charge is -2.11. The lowest BCUT2D eigenvalue weighted by Crippen LogP contribution is -2.15. The molecule has 38 heavy (non-hydrogen) atoms. The second-order valence-electron chi connectivity index (χ2n) is 8.27. The lowest BCUT2D eigenvalue weighted by atomic mass is 10.2. The van der Waals surface area contributed by atoms with Crippen LogP contribution < -0.4 is 20.9 Å². The first-order chi connectivity index (χ1) is 18.7. The molecule has 0 aliphatic heterocycles. The summed E-state index contributed by atoms with van der Waals surface area (Å²) < 4.78 is 33.8. The molecule has 10 nitrogen and oxygen atoms in total. The molecule has 2 aromatic carbocycles. The summed E-state index contributed by atoms with van der Waals surface area (Å²) in [5, 5.41) is 1.85. The Bertz CT molecular complexity index is 1190. The fourth-order valence-corrected chi connectivity index (χ4v) is 3.75. The third kappa shape index (κ3) is 8.42. The van der Waals surface area contributed by atoms with Crippen LogP contribution in [0.3, 0.4) is 0 Å². The van der Waals surface area contributed by atoms with Crippen molar-refractivity contribution in [3.05, 3.63) is 60.7 Å². The Hall–Kier alpha value is -3.70. The summed E-state index contributed by atoms with van der Waals surface area (Å²) in [6.07, 6.45) is 0. The molecule has 0 aliphatic carbocycles. The highest BCUT2D eigenvalue weighted by Crippen LogP contribution is 2.27. The van der Waals surface area contributed by atoms with Crippen molar-refractivity contribution in [2.75, 3.05) is 77.5 Å². The van der Waals surface area contributed by atoms with Crippen molar-refractivity contribution in [3.8, 4) is 11.5 Å². The molecule has 202 valence electrons. The van der Waals surface area contributed by atoms with Crippen LogP contribution in [0.2, 0.25) is 0 Å². The third-order valence-corrected chi connectivity index (χ3v) is 5.48. The molecule has 2 aromatic heterocycles. The van der Waals surface area contributed by atoms with Crippen molar-refractivity contribution in [1.82, 2.24) is 9.97 Å². The molecule has 10 heteroatoms. The van der Waals surface area contributed by atoms with Crippen molar-refractivity contribution in [2.24, 2.45) is 0 Å². The highest BCUT2D eigenvalue weighted by atomic mass is 16.6. The van der Waals surface area contributed by atoms with E-state index in [9.17, 15) is 0 Å². The topological polar surface area (TPSA) is 133 Å². The molecule has 0 saturated heterocycles. The van der Waals surface area contributed by atoms with E-state index in [2.05, 4.69) is 9.97 Å². The first kappa shape index (κ1) is 27.3. The summed E-state index contributed by atoms with van der Waals surface area (Å²) >= 11 is 0. The van der Waals surface area contributed by atoms with Crippen molar-refractivity contribution in [3.63, 3.8) is 0 Å². The second-order valence-corrected chi connectivity index (χ2v) is 8.27. The molecule has 4 rings (SSSR count). The molecule has 0 amide bonds. The van der Waals surface area contributed by atoms with Crippen molar-refractivity contribution in [1.29, 1.82) is 0 Å². The molecule has 0 spiro atoms. The fourth-order valence-electron chi connectivity index (χ4n) is 3.75. The molecule has 2 heterocycles. The minimum atomic E-state index is 0.412. The van der Waals surface area contributed by atoms with E-state index in [1.54, 1.807) is 12.1 Å². The molecular weight excluding hydrogens is 488 g/mol. The highest BCUT2D eigenvalue weighted by molar-refractivity contribution is 5.87. The number of pyridine rings is 2. The van der Waals surface area contributed by atoms with E-state index < -0.39 is 0 Å². The van der Waals surface area contributed by atoms with E-state index in [0.29, 0.717) is 89.2 Å². The first-order valence-corrected chi connectivity index (χ1v) is 12.6. The Labute approximate surface area is 221 Å². The predicted octanol–water partition coefficient (Wildman–Crippen LogP) is 3.47. The summed E-state index contributed by atoms with van der Waals surface area (Å²) in [5.41, 5.74) is 13.3. The van der Waals surface area contributed by atoms with Crippen molar-refractivity contribution >= 4 is 33.4 Å². The van der Waals surface area contributed by atoms with Gasteiger partial charge in [0, 0.05) is 22.9 Å². The molecule has 0 bridgehead atoms. The number of ether oxygens (including phenoxy) is 6. The van der Waals surface area contributed by atoms with Crippen molar-refractivity contribution < 1.29 is 28.4 Å². The number of nitrogen functional groups attached to an aromatic ring is 2. The van der Waals surface area contributed by atoms with Crippen LogP contribution in [0.5, 0.6) is 11.5 Å². The van der Waals surface area contributed by atoms with Gasteiger partial charge in [-0.3, -0.25) is 0 Å². The monoisotopic (exact) mass is 522 g/mol. The normalized spacial score (nSPS) is 11.3. The molecule has 0 aliphatic rings. The number of nitrogens with two attached hydrogens (primary N) is 2. The Morgan fingerprint density at radius 3 is 1.21 bits per heavy atom. The van der Waals surface area contributed by atoms with E-state index in [0.717, 1.165) is 21.8 Å². The van der Waals surface area contributed by atoms with Gasteiger partial charge in [0.2, 0.25) is 0 Å². The third-order valence-electron chi connectivity index (χ3n) is 5.48. The Balaban J connectivity index is 0.955. The Morgan fingerprint density at radius 1 is 0.474 bits per heavy atom. The predicted molar refractivity (Wildman–Crippen MR) is 147 cm³/mol. The molecule has 0 radical (unpaired) electrons. The van der Waals surface area contributed by atoms with Crippen LogP contribution in [0.25, 0.3) is 21.8 Å². The Kier molecular flexibility index (Phi) is 10.7. The minimum Gasteiger partial charge on any atom is -0.490 e. The molecule has 4 N–H and O–H groups in total. The summed E-state index contributed by atoms with van der Waals surface area (Å²) in [4.78, 5) is 8.60. The number of nitrogens with zero attached hydrogens (tertiary/aromatic N) is 2. The quantitative estimate of drug-likeness (QED) is 0.199. The number of rotatable bonds is 17. The van der Waals surface area contributed by atoms with E-state index in [4.69, 9.17) is 39.9 Å². The van der Waals surface area contributed by atoms with Crippen LogP contribution >= 0.6 is 0 Å². The van der Waals surface area contributed by atoms with E-state index in [1.165, 1.54) is 0 Å². The summed E-state index contributed by atoms with van der Waals surface area (Å²) in [7, 11) is 0. The fraction of sp³-hybridized carbons (Fsp3) is 0.357. The maximum atomic E-state index is 5.85. The number of benzene rings is 2. The average Bonchev–Trinajstić information content (AvgIpc) is 2.92. The van der Waals surface area contributed by atoms with Gasteiger partial charge in [0.15, 0.2) is 0 Å². The average molecular weight is 523 g/mol. The molecule has 0 unspecified atom stereocenters. The molecule has 0 atom stereocenters. The van der Waals surface area contributed by atoms with E-state index >= 15 is 0 Å².